The van der Waals surface area contributed by atoms with Crippen LogP contribution in [0.4, 0.5) is 5.82 Å². The summed E-state index contributed by atoms with van der Waals surface area (Å²) in [6, 6.07) is 0. The number of ether oxygens (including phenoxy) is 2. The Morgan fingerprint density at radius 2 is 2.17 bits per heavy atom. The lowest BCUT2D eigenvalue weighted by molar-refractivity contribution is -0.0383. The van der Waals surface area contributed by atoms with E-state index < -0.39 is 0 Å². The number of thioether (sulfide) groups is 1. The number of nitrogens with one attached hydrogen (secondary N) is 1. The van der Waals surface area contributed by atoms with Crippen LogP contribution in [0.2, 0.25) is 0 Å². The Bertz CT molecular complexity index is 728. The van der Waals surface area contributed by atoms with E-state index in [-0.39, 0.29) is 5.60 Å². The summed E-state index contributed by atoms with van der Waals surface area (Å²) >= 11 is 3.49. The molecule has 1 aliphatic heterocycles. The standard InChI is InChI=1S/C17H25N3O2S2/c1-10(2)23-16-19-13-11-9-22-17(3,4)8-12(11)24-14(13)15(20-16)18-6-7-21-5/h10H,6-9H2,1-5H3,(H,18,19,20). The van der Waals surface area contributed by atoms with Crippen LogP contribution >= 0.6 is 23.1 Å². The Hall–Kier alpha value is -0.890. The monoisotopic (exact) mass is 367 g/mol. The van der Waals surface area contributed by atoms with E-state index in [0.29, 0.717) is 18.5 Å². The summed E-state index contributed by atoms with van der Waals surface area (Å²) in [7, 11) is 1.71. The molecule has 0 amide bonds. The van der Waals surface area contributed by atoms with Gasteiger partial charge in [-0.25, -0.2) is 9.97 Å². The molecule has 132 valence electrons. The first-order valence-corrected chi connectivity index (χ1v) is 9.95. The summed E-state index contributed by atoms with van der Waals surface area (Å²) in [5.41, 5.74) is 2.17. The van der Waals surface area contributed by atoms with Crippen molar-refractivity contribution in [2.75, 3.05) is 25.6 Å². The van der Waals surface area contributed by atoms with Gasteiger partial charge in [0.05, 0.1) is 29.0 Å². The third-order valence-electron chi connectivity index (χ3n) is 3.83. The fourth-order valence-corrected chi connectivity index (χ4v) is 4.83. The van der Waals surface area contributed by atoms with Gasteiger partial charge in [0, 0.05) is 35.8 Å². The van der Waals surface area contributed by atoms with Crippen molar-refractivity contribution in [2.24, 2.45) is 0 Å². The average molecular weight is 368 g/mol. The second kappa shape index (κ2) is 7.15. The van der Waals surface area contributed by atoms with E-state index in [1.54, 1.807) is 30.2 Å². The fourth-order valence-electron chi connectivity index (χ4n) is 2.70. The highest BCUT2D eigenvalue weighted by molar-refractivity contribution is 7.99. The molecule has 2 aromatic heterocycles. The van der Waals surface area contributed by atoms with Crippen LogP contribution in [-0.2, 0) is 22.5 Å². The number of thiophene rings is 1. The summed E-state index contributed by atoms with van der Waals surface area (Å²) in [5, 5.41) is 4.68. The van der Waals surface area contributed by atoms with Crippen LogP contribution in [0.5, 0.6) is 0 Å². The predicted molar refractivity (Wildman–Crippen MR) is 101 cm³/mol. The molecule has 0 spiro atoms. The highest BCUT2D eigenvalue weighted by Gasteiger charge is 2.30. The quantitative estimate of drug-likeness (QED) is 0.471. The number of anilines is 1. The smallest absolute Gasteiger partial charge is 0.190 e. The highest BCUT2D eigenvalue weighted by Crippen LogP contribution is 2.41. The van der Waals surface area contributed by atoms with Gasteiger partial charge in [0.1, 0.15) is 5.82 Å². The van der Waals surface area contributed by atoms with E-state index in [9.17, 15) is 0 Å². The average Bonchev–Trinajstić information content (AvgIpc) is 2.83. The molecule has 5 nitrogen and oxygen atoms in total. The first-order chi connectivity index (χ1) is 11.4. The number of nitrogens with zero attached hydrogens (tertiary/aromatic N) is 2. The summed E-state index contributed by atoms with van der Waals surface area (Å²) in [4.78, 5) is 11.0. The molecule has 0 saturated heterocycles. The zero-order valence-electron chi connectivity index (χ0n) is 14.9. The molecule has 0 saturated carbocycles. The Balaban J connectivity index is 2.04. The molecule has 0 aromatic carbocycles. The van der Waals surface area contributed by atoms with Gasteiger partial charge in [-0.05, 0) is 13.8 Å². The van der Waals surface area contributed by atoms with E-state index in [2.05, 4.69) is 33.0 Å². The van der Waals surface area contributed by atoms with Gasteiger partial charge in [0.15, 0.2) is 5.16 Å². The van der Waals surface area contributed by atoms with Gasteiger partial charge >= 0.3 is 0 Å². The van der Waals surface area contributed by atoms with Crippen LogP contribution in [0.25, 0.3) is 10.2 Å². The Kier molecular flexibility index (Phi) is 5.34. The van der Waals surface area contributed by atoms with Crippen molar-refractivity contribution >= 4 is 39.1 Å². The maximum absolute atomic E-state index is 6.02. The van der Waals surface area contributed by atoms with Crippen molar-refractivity contribution in [2.45, 2.75) is 56.7 Å². The zero-order valence-corrected chi connectivity index (χ0v) is 16.6. The lowest BCUT2D eigenvalue weighted by atomic mass is 9.98. The van der Waals surface area contributed by atoms with Crippen molar-refractivity contribution in [1.82, 2.24) is 9.97 Å². The first kappa shape index (κ1) is 17.9. The van der Waals surface area contributed by atoms with Crippen molar-refractivity contribution in [3.8, 4) is 0 Å². The fraction of sp³-hybridized carbons (Fsp3) is 0.647. The van der Waals surface area contributed by atoms with Crippen molar-refractivity contribution in [1.29, 1.82) is 0 Å². The molecule has 0 radical (unpaired) electrons. The van der Waals surface area contributed by atoms with Gasteiger partial charge in [-0.2, -0.15) is 0 Å². The molecule has 1 N–H and O–H groups in total. The maximum atomic E-state index is 6.02. The van der Waals surface area contributed by atoms with Crippen LogP contribution < -0.4 is 5.32 Å². The van der Waals surface area contributed by atoms with E-state index in [4.69, 9.17) is 19.4 Å². The number of hydrogen-bond donors (Lipinski definition) is 1. The van der Waals surface area contributed by atoms with Gasteiger partial charge in [-0.3, -0.25) is 0 Å². The molecule has 1 aliphatic rings. The largest absolute Gasteiger partial charge is 0.383 e. The normalized spacial score (nSPS) is 16.6. The molecule has 0 atom stereocenters. The molecule has 7 heteroatoms. The SMILES string of the molecule is COCCNc1nc(SC(C)C)nc2c3c(sc12)CC(C)(C)OC3. The van der Waals surface area contributed by atoms with Crippen LogP contribution in [0.3, 0.4) is 0 Å². The molecule has 2 aromatic rings. The second-order valence-corrected chi connectivity index (χ2v) is 9.50. The number of aromatic nitrogens is 2. The highest BCUT2D eigenvalue weighted by atomic mass is 32.2. The molecule has 24 heavy (non-hydrogen) atoms. The van der Waals surface area contributed by atoms with Crippen molar-refractivity contribution in [3.63, 3.8) is 0 Å². The Morgan fingerprint density at radius 1 is 1.38 bits per heavy atom. The molecular weight excluding hydrogens is 342 g/mol. The minimum absolute atomic E-state index is 0.111. The zero-order chi connectivity index (χ0) is 17.3. The van der Waals surface area contributed by atoms with E-state index in [1.165, 1.54) is 10.4 Å². The molecule has 3 rings (SSSR count). The van der Waals surface area contributed by atoms with Gasteiger partial charge in [0.25, 0.3) is 0 Å². The summed E-state index contributed by atoms with van der Waals surface area (Å²) < 4.78 is 12.3. The summed E-state index contributed by atoms with van der Waals surface area (Å²) in [6.07, 6.45) is 0.924. The third kappa shape index (κ3) is 3.85. The molecule has 0 aliphatic carbocycles. The lowest BCUT2D eigenvalue weighted by Gasteiger charge is -2.29. The number of hydrogen-bond acceptors (Lipinski definition) is 7. The van der Waals surface area contributed by atoms with Gasteiger partial charge < -0.3 is 14.8 Å². The molecular formula is C17H25N3O2S2. The third-order valence-corrected chi connectivity index (χ3v) is 5.92. The van der Waals surface area contributed by atoms with Crippen LogP contribution in [0.1, 0.15) is 38.1 Å². The van der Waals surface area contributed by atoms with E-state index in [0.717, 1.165) is 34.2 Å². The van der Waals surface area contributed by atoms with Crippen molar-refractivity contribution < 1.29 is 9.47 Å². The number of fused-ring (bicyclic) bond motifs is 3. The van der Waals surface area contributed by atoms with Gasteiger partial charge in [-0.1, -0.05) is 25.6 Å². The first-order valence-electron chi connectivity index (χ1n) is 8.25. The predicted octanol–water partition coefficient (Wildman–Crippen LogP) is 4.10. The van der Waals surface area contributed by atoms with Crippen LogP contribution in [0.15, 0.2) is 5.16 Å². The van der Waals surface area contributed by atoms with Crippen LogP contribution in [0, 0.1) is 0 Å². The summed E-state index contributed by atoms with van der Waals surface area (Å²) in [5.74, 6) is 0.914. The number of methoxy groups -OCH3 is 1. The molecule has 0 bridgehead atoms. The summed E-state index contributed by atoms with van der Waals surface area (Å²) in [6.45, 7) is 10.6. The van der Waals surface area contributed by atoms with Crippen molar-refractivity contribution in [3.05, 3.63) is 10.4 Å². The Labute approximate surface area is 151 Å². The van der Waals surface area contributed by atoms with E-state index >= 15 is 0 Å². The number of rotatable bonds is 6. The minimum Gasteiger partial charge on any atom is -0.383 e. The van der Waals surface area contributed by atoms with Gasteiger partial charge in [-0.15, -0.1) is 11.3 Å². The maximum Gasteiger partial charge on any atom is 0.190 e. The second-order valence-electron chi connectivity index (χ2n) is 6.85. The Morgan fingerprint density at radius 3 is 2.88 bits per heavy atom. The van der Waals surface area contributed by atoms with Crippen LogP contribution in [-0.4, -0.2) is 41.1 Å². The molecule has 3 heterocycles. The van der Waals surface area contributed by atoms with E-state index in [1.807, 2.05) is 0 Å². The lowest BCUT2D eigenvalue weighted by Crippen LogP contribution is -2.30. The van der Waals surface area contributed by atoms with Gasteiger partial charge in [0.2, 0.25) is 0 Å². The molecule has 0 fully saturated rings. The molecule has 0 unspecified atom stereocenters. The topological polar surface area (TPSA) is 56.3 Å². The minimum atomic E-state index is -0.111.